The Kier molecular flexibility index (Phi) is 4.96. The van der Waals surface area contributed by atoms with Gasteiger partial charge < -0.3 is 4.74 Å². The van der Waals surface area contributed by atoms with Crippen LogP contribution >= 0.6 is 27.5 Å². The largest absolute Gasteiger partial charge is 0.383 e. The van der Waals surface area contributed by atoms with Crippen LogP contribution in [-0.4, -0.2) is 29.3 Å². The van der Waals surface area contributed by atoms with Gasteiger partial charge in [-0.2, -0.15) is 5.10 Å². The molecular formula is C14H14BrClN2O2. The first-order valence-corrected chi connectivity index (χ1v) is 7.23. The Morgan fingerprint density at radius 3 is 2.95 bits per heavy atom. The van der Waals surface area contributed by atoms with E-state index in [1.807, 2.05) is 19.1 Å². The number of rotatable bonds is 5. The lowest BCUT2D eigenvalue weighted by Crippen LogP contribution is -2.15. The highest BCUT2D eigenvalue weighted by Gasteiger charge is 2.21. The molecule has 0 atom stereocenters. The second-order valence-corrected chi connectivity index (χ2v) is 5.52. The summed E-state index contributed by atoms with van der Waals surface area (Å²) in [6.07, 6.45) is 1.48. The molecule has 1 heterocycles. The third-order valence-corrected chi connectivity index (χ3v) is 4.28. The van der Waals surface area contributed by atoms with Gasteiger partial charge in [0.25, 0.3) is 0 Å². The summed E-state index contributed by atoms with van der Waals surface area (Å²) in [5.74, 6) is -0.154. The molecule has 1 aromatic carbocycles. The number of aromatic nitrogens is 2. The van der Waals surface area contributed by atoms with Gasteiger partial charge in [-0.3, -0.25) is 9.48 Å². The minimum absolute atomic E-state index is 0.154. The summed E-state index contributed by atoms with van der Waals surface area (Å²) in [5.41, 5.74) is 1.95. The van der Waals surface area contributed by atoms with Crippen molar-refractivity contribution in [2.75, 3.05) is 13.7 Å². The molecular weight excluding hydrogens is 344 g/mol. The van der Waals surface area contributed by atoms with Gasteiger partial charge in [0.2, 0.25) is 5.78 Å². The molecule has 0 amide bonds. The van der Waals surface area contributed by atoms with Crippen molar-refractivity contribution < 1.29 is 9.53 Å². The van der Waals surface area contributed by atoms with E-state index in [1.54, 1.807) is 17.9 Å². The van der Waals surface area contributed by atoms with E-state index in [2.05, 4.69) is 21.0 Å². The first kappa shape index (κ1) is 15.2. The highest BCUT2D eigenvalue weighted by molar-refractivity contribution is 9.10. The van der Waals surface area contributed by atoms with Crippen molar-refractivity contribution in [3.63, 3.8) is 0 Å². The van der Waals surface area contributed by atoms with E-state index in [0.717, 1.165) is 10.0 Å². The Balaban J connectivity index is 2.43. The number of carbonyl (C=O) groups is 1. The number of hydrogen-bond acceptors (Lipinski definition) is 3. The number of nitrogens with zero attached hydrogens (tertiary/aromatic N) is 2. The van der Waals surface area contributed by atoms with Crippen molar-refractivity contribution in [1.29, 1.82) is 0 Å². The molecule has 2 aromatic rings. The number of methoxy groups -OCH3 is 1. The van der Waals surface area contributed by atoms with Gasteiger partial charge in [0.15, 0.2) is 0 Å². The molecule has 0 radical (unpaired) electrons. The molecule has 1 aromatic heterocycles. The molecule has 106 valence electrons. The van der Waals surface area contributed by atoms with Gasteiger partial charge in [0.05, 0.1) is 24.4 Å². The van der Waals surface area contributed by atoms with Crippen molar-refractivity contribution in [3.8, 4) is 0 Å². The lowest BCUT2D eigenvalue weighted by molar-refractivity contribution is 0.102. The van der Waals surface area contributed by atoms with Gasteiger partial charge in [0, 0.05) is 17.1 Å². The second-order valence-electron chi connectivity index (χ2n) is 4.32. The predicted octanol–water partition coefficient (Wildman–Crippen LogP) is 3.48. The first-order valence-electron chi connectivity index (χ1n) is 6.06. The van der Waals surface area contributed by atoms with E-state index < -0.39 is 0 Å². The fraction of sp³-hybridized carbons (Fsp3) is 0.286. The number of ether oxygens (including phenoxy) is 1. The Hall–Kier alpha value is -1.17. The molecule has 0 N–H and O–H groups in total. The maximum Gasteiger partial charge on any atom is 0.213 e. The average Bonchev–Trinajstić information content (AvgIpc) is 2.80. The molecule has 4 nitrogen and oxygen atoms in total. The Bertz CT molecular complexity index is 640. The smallest absolute Gasteiger partial charge is 0.213 e. The van der Waals surface area contributed by atoms with Crippen molar-refractivity contribution in [3.05, 3.63) is 50.7 Å². The zero-order chi connectivity index (χ0) is 14.7. The lowest BCUT2D eigenvalue weighted by Gasteiger charge is -2.09. The molecule has 0 unspecified atom stereocenters. The third-order valence-electron chi connectivity index (χ3n) is 2.95. The van der Waals surface area contributed by atoms with Crippen molar-refractivity contribution in [2.24, 2.45) is 0 Å². The summed E-state index contributed by atoms with van der Waals surface area (Å²) in [6.45, 7) is 2.88. The van der Waals surface area contributed by atoms with Crippen molar-refractivity contribution in [2.45, 2.75) is 13.5 Å². The number of hydrogen-bond donors (Lipinski definition) is 0. The lowest BCUT2D eigenvalue weighted by atomic mass is 10.1. The van der Waals surface area contributed by atoms with Crippen LogP contribution in [0.25, 0.3) is 0 Å². The van der Waals surface area contributed by atoms with Gasteiger partial charge >= 0.3 is 0 Å². The van der Waals surface area contributed by atoms with Crippen LogP contribution in [0, 0.1) is 6.92 Å². The van der Waals surface area contributed by atoms with Gasteiger partial charge in [-0.15, -0.1) is 0 Å². The maximum absolute atomic E-state index is 12.7. The molecule has 0 spiro atoms. The van der Waals surface area contributed by atoms with Crippen LogP contribution in [-0.2, 0) is 11.3 Å². The average molecular weight is 358 g/mol. The third kappa shape index (κ3) is 2.95. The van der Waals surface area contributed by atoms with E-state index in [1.165, 1.54) is 6.20 Å². The molecule has 20 heavy (non-hydrogen) atoms. The Labute approximate surface area is 130 Å². The summed E-state index contributed by atoms with van der Waals surface area (Å²) in [5, 5.41) is 4.47. The maximum atomic E-state index is 12.7. The second kappa shape index (κ2) is 6.52. The zero-order valence-corrected chi connectivity index (χ0v) is 13.5. The fourth-order valence-corrected chi connectivity index (χ4v) is 2.56. The fourth-order valence-electron chi connectivity index (χ4n) is 1.89. The molecule has 0 aliphatic carbocycles. The molecule has 0 aliphatic rings. The van der Waals surface area contributed by atoms with E-state index in [4.69, 9.17) is 16.3 Å². The van der Waals surface area contributed by atoms with Gasteiger partial charge in [-0.05, 0) is 34.5 Å². The van der Waals surface area contributed by atoms with Crippen LogP contribution in [0.3, 0.4) is 0 Å². The van der Waals surface area contributed by atoms with E-state index in [9.17, 15) is 4.79 Å². The number of halogens is 2. The summed E-state index contributed by atoms with van der Waals surface area (Å²) in [4.78, 5) is 12.7. The molecule has 0 bridgehead atoms. The zero-order valence-electron chi connectivity index (χ0n) is 11.2. The van der Waals surface area contributed by atoms with Gasteiger partial charge in [0.1, 0.15) is 5.69 Å². The topological polar surface area (TPSA) is 44.1 Å². The van der Waals surface area contributed by atoms with Crippen LogP contribution in [0.4, 0.5) is 0 Å². The minimum atomic E-state index is -0.154. The summed E-state index contributed by atoms with van der Waals surface area (Å²) >= 11 is 9.55. The molecule has 6 heteroatoms. The van der Waals surface area contributed by atoms with Crippen molar-refractivity contribution >= 4 is 33.3 Å². The van der Waals surface area contributed by atoms with Crippen LogP contribution in [0.15, 0.2) is 28.9 Å². The number of ketones is 1. The molecule has 0 fully saturated rings. The first-order chi connectivity index (χ1) is 9.56. The van der Waals surface area contributed by atoms with Crippen molar-refractivity contribution in [1.82, 2.24) is 9.78 Å². The van der Waals surface area contributed by atoms with Gasteiger partial charge in [-0.1, -0.05) is 23.7 Å². The standard InChI is InChI=1S/C14H14BrClN2O2/c1-9-4-3-5-10(12(9)15)14(19)13-11(16)8-17-18(13)6-7-20-2/h3-5,8H,6-7H2,1-2H3. The van der Waals surface area contributed by atoms with E-state index in [0.29, 0.717) is 29.4 Å². The van der Waals surface area contributed by atoms with Crippen LogP contribution in [0.1, 0.15) is 21.6 Å². The van der Waals surface area contributed by atoms with E-state index >= 15 is 0 Å². The summed E-state index contributed by atoms with van der Waals surface area (Å²) in [7, 11) is 1.60. The number of aryl methyl sites for hydroxylation is 1. The molecule has 0 saturated carbocycles. The van der Waals surface area contributed by atoms with E-state index in [-0.39, 0.29) is 5.78 Å². The van der Waals surface area contributed by atoms with Crippen LogP contribution in [0.2, 0.25) is 5.02 Å². The molecule has 0 aliphatic heterocycles. The monoisotopic (exact) mass is 356 g/mol. The Morgan fingerprint density at radius 1 is 1.50 bits per heavy atom. The highest BCUT2D eigenvalue weighted by atomic mass is 79.9. The normalized spacial score (nSPS) is 10.8. The molecule has 0 saturated heterocycles. The quantitative estimate of drug-likeness (QED) is 0.770. The summed E-state index contributed by atoms with van der Waals surface area (Å²) < 4.78 is 7.36. The predicted molar refractivity (Wildman–Crippen MR) is 81.4 cm³/mol. The van der Waals surface area contributed by atoms with Crippen LogP contribution in [0.5, 0.6) is 0 Å². The summed E-state index contributed by atoms with van der Waals surface area (Å²) in [6, 6.07) is 5.55. The van der Waals surface area contributed by atoms with Gasteiger partial charge in [-0.25, -0.2) is 0 Å². The highest BCUT2D eigenvalue weighted by Crippen LogP contribution is 2.26. The SMILES string of the molecule is COCCn1ncc(Cl)c1C(=O)c1cccc(C)c1Br. The minimum Gasteiger partial charge on any atom is -0.383 e. The van der Waals surface area contributed by atoms with Crippen LogP contribution < -0.4 is 0 Å². The molecule has 2 rings (SSSR count). The number of carbonyl (C=O) groups excluding carboxylic acids is 1. The Morgan fingerprint density at radius 2 is 2.25 bits per heavy atom. The number of benzene rings is 1.